The molecule has 1 aromatic rings. The summed E-state index contributed by atoms with van der Waals surface area (Å²) in [6.07, 6.45) is -2.11. The zero-order chi connectivity index (χ0) is 16.0. The molecule has 0 amide bonds. The number of ether oxygens (including phenoxy) is 3. The monoisotopic (exact) mass is 298 g/mol. The molecule has 0 radical (unpaired) electrons. The maximum absolute atomic E-state index is 13.0. The summed E-state index contributed by atoms with van der Waals surface area (Å²) in [7, 11) is 0. The van der Waals surface area contributed by atoms with Gasteiger partial charge in [0.2, 0.25) is 0 Å². The van der Waals surface area contributed by atoms with E-state index in [9.17, 15) is 14.0 Å². The minimum absolute atomic E-state index is 0.0118. The van der Waals surface area contributed by atoms with E-state index in [-0.39, 0.29) is 17.6 Å². The molecule has 1 atom stereocenters. The van der Waals surface area contributed by atoms with E-state index in [1.165, 1.54) is 18.2 Å². The second-order valence-corrected chi connectivity index (χ2v) is 5.13. The first-order chi connectivity index (χ1) is 9.79. The van der Waals surface area contributed by atoms with Crippen LogP contribution < -0.4 is 4.74 Å². The minimum Gasteiger partial charge on any atom is -0.425 e. The molecule has 0 fully saturated rings. The van der Waals surface area contributed by atoms with Crippen molar-refractivity contribution in [1.29, 1.82) is 0 Å². The van der Waals surface area contributed by atoms with Gasteiger partial charge in [-0.2, -0.15) is 0 Å². The Morgan fingerprint density at radius 2 is 1.76 bits per heavy atom. The Labute approximate surface area is 123 Å². The molecule has 0 aromatic heterocycles. The van der Waals surface area contributed by atoms with Crippen LogP contribution in [0.3, 0.4) is 0 Å². The van der Waals surface area contributed by atoms with Crippen LogP contribution in [-0.2, 0) is 14.3 Å². The third-order valence-electron chi connectivity index (χ3n) is 2.46. The van der Waals surface area contributed by atoms with Crippen molar-refractivity contribution in [3.63, 3.8) is 0 Å². The molecule has 1 aromatic carbocycles. The Bertz CT molecular complexity index is 499. The third-order valence-corrected chi connectivity index (χ3v) is 2.46. The summed E-state index contributed by atoms with van der Waals surface area (Å²) >= 11 is 0. The summed E-state index contributed by atoms with van der Waals surface area (Å²) in [6.45, 7) is 6.80. The zero-order valence-electron chi connectivity index (χ0n) is 12.5. The van der Waals surface area contributed by atoms with Crippen molar-refractivity contribution in [2.45, 2.75) is 34.0 Å². The largest absolute Gasteiger partial charge is 0.516 e. The van der Waals surface area contributed by atoms with Gasteiger partial charge in [-0.3, -0.25) is 4.79 Å². The van der Waals surface area contributed by atoms with Crippen molar-refractivity contribution < 1.29 is 28.2 Å². The van der Waals surface area contributed by atoms with E-state index >= 15 is 0 Å². The van der Waals surface area contributed by atoms with Crippen LogP contribution in [0.4, 0.5) is 9.18 Å². The summed E-state index contributed by atoms with van der Waals surface area (Å²) in [5.74, 6) is -1.58. The number of carbonyl (C=O) groups is 2. The van der Waals surface area contributed by atoms with Crippen LogP contribution in [0.15, 0.2) is 24.3 Å². The molecule has 0 saturated heterocycles. The summed E-state index contributed by atoms with van der Waals surface area (Å²) in [5, 5.41) is 0. The van der Waals surface area contributed by atoms with Gasteiger partial charge >= 0.3 is 12.1 Å². The van der Waals surface area contributed by atoms with Crippen LogP contribution in [0.5, 0.6) is 5.75 Å². The molecular weight excluding hydrogens is 279 g/mol. The number of esters is 1. The number of hydrogen-bond donors (Lipinski definition) is 0. The molecule has 1 rings (SSSR count). The summed E-state index contributed by atoms with van der Waals surface area (Å²) in [5.41, 5.74) is 0. The molecule has 0 heterocycles. The summed E-state index contributed by atoms with van der Waals surface area (Å²) in [6, 6.07) is 5.08. The maximum atomic E-state index is 13.0. The number of rotatable bonds is 5. The zero-order valence-corrected chi connectivity index (χ0v) is 12.5. The second-order valence-electron chi connectivity index (χ2n) is 5.13. The van der Waals surface area contributed by atoms with Gasteiger partial charge in [-0.1, -0.05) is 33.8 Å². The standard InChI is InChI=1S/C15H19FO5/c1-9(2)13(17)20-14(10(3)4)21-15(18)19-12-7-5-6-11(16)8-12/h5-10,14H,1-4H3. The molecule has 0 aliphatic carbocycles. The predicted octanol–water partition coefficient (Wildman–Crippen LogP) is 3.52. The normalized spacial score (nSPS) is 12.1. The van der Waals surface area contributed by atoms with E-state index < -0.39 is 24.2 Å². The highest BCUT2D eigenvalue weighted by Gasteiger charge is 2.25. The number of carbonyl (C=O) groups excluding carboxylic acids is 2. The Morgan fingerprint density at radius 3 is 2.29 bits per heavy atom. The van der Waals surface area contributed by atoms with E-state index in [2.05, 4.69) is 0 Å². The van der Waals surface area contributed by atoms with Crippen molar-refractivity contribution in [2.75, 3.05) is 0 Å². The van der Waals surface area contributed by atoms with Gasteiger partial charge in [-0.25, -0.2) is 9.18 Å². The Kier molecular flexibility index (Phi) is 6.14. The van der Waals surface area contributed by atoms with Crippen molar-refractivity contribution in [3.05, 3.63) is 30.1 Å². The highest BCUT2D eigenvalue weighted by atomic mass is 19.1. The van der Waals surface area contributed by atoms with E-state index in [0.29, 0.717) is 0 Å². The van der Waals surface area contributed by atoms with Crippen LogP contribution in [0.1, 0.15) is 27.7 Å². The van der Waals surface area contributed by atoms with E-state index in [4.69, 9.17) is 14.2 Å². The minimum atomic E-state index is -1.06. The Hall–Kier alpha value is -2.11. The van der Waals surface area contributed by atoms with Gasteiger partial charge in [0.15, 0.2) is 0 Å². The average molecular weight is 298 g/mol. The van der Waals surface area contributed by atoms with Gasteiger partial charge in [-0.05, 0) is 12.1 Å². The summed E-state index contributed by atoms with van der Waals surface area (Å²) < 4.78 is 27.8. The molecule has 0 N–H and O–H groups in total. The molecule has 1 unspecified atom stereocenters. The molecule has 116 valence electrons. The molecule has 21 heavy (non-hydrogen) atoms. The van der Waals surface area contributed by atoms with Crippen LogP contribution in [0, 0.1) is 17.7 Å². The molecule has 5 nitrogen and oxygen atoms in total. The van der Waals surface area contributed by atoms with Crippen LogP contribution in [0.2, 0.25) is 0 Å². The number of hydrogen-bond acceptors (Lipinski definition) is 5. The third kappa shape index (κ3) is 5.81. The van der Waals surface area contributed by atoms with Crippen molar-refractivity contribution in [2.24, 2.45) is 11.8 Å². The lowest BCUT2D eigenvalue weighted by atomic mass is 10.2. The average Bonchev–Trinajstić information content (AvgIpc) is 2.37. The van der Waals surface area contributed by atoms with Crippen molar-refractivity contribution in [1.82, 2.24) is 0 Å². The van der Waals surface area contributed by atoms with Gasteiger partial charge in [0.05, 0.1) is 5.92 Å². The molecule has 6 heteroatoms. The number of benzene rings is 1. The van der Waals surface area contributed by atoms with Gasteiger partial charge < -0.3 is 14.2 Å². The first-order valence-electron chi connectivity index (χ1n) is 6.64. The fourth-order valence-corrected chi connectivity index (χ4v) is 1.29. The van der Waals surface area contributed by atoms with Crippen LogP contribution >= 0.6 is 0 Å². The van der Waals surface area contributed by atoms with Gasteiger partial charge in [0.25, 0.3) is 6.29 Å². The van der Waals surface area contributed by atoms with Crippen molar-refractivity contribution in [3.8, 4) is 5.75 Å². The van der Waals surface area contributed by atoms with Crippen LogP contribution in [-0.4, -0.2) is 18.4 Å². The Morgan fingerprint density at radius 1 is 1.10 bits per heavy atom. The van der Waals surface area contributed by atoms with E-state index in [1.54, 1.807) is 27.7 Å². The number of halogens is 1. The topological polar surface area (TPSA) is 61.8 Å². The quantitative estimate of drug-likeness (QED) is 0.473. The van der Waals surface area contributed by atoms with Gasteiger partial charge in [-0.15, -0.1) is 0 Å². The highest BCUT2D eigenvalue weighted by molar-refractivity contribution is 5.72. The SMILES string of the molecule is CC(C)C(=O)OC(OC(=O)Oc1cccc(F)c1)C(C)C. The summed E-state index contributed by atoms with van der Waals surface area (Å²) in [4.78, 5) is 23.2. The molecular formula is C15H19FO5. The molecule has 0 aliphatic rings. The predicted molar refractivity (Wildman–Crippen MR) is 73.1 cm³/mol. The van der Waals surface area contributed by atoms with Crippen molar-refractivity contribution >= 4 is 12.1 Å². The van der Waals surface area contributed by atoms with Gasteiger partial charge in [0.1, 0.15) is 11.6 Å². The molecule has 0 saturated carbocycles. The lowest BCUT2D eigenvalue weighted by Gasteiger charge is -2.21. The first-order valence-corrected chi connectivity index (χ1v) is 6.64. The molecule has 0 bridgehead atoms. The van der Waals surface area contributed by atoms with Crippen LogP contribution in [0.25, 0.3) is 0 Å². The smallest absolute Gasteiger partial charge is 0.425 e. The fraction of sp³-hybridized carbons (Fsp3) is 0.467. The van der Waals surface area contributed by atoms with Gasteiger partial charge in [0, 0.05) is 12.0 Å². The molecule has 0 spiro atoms. The lowest BCUT2D eigenvalue weighted by Crippen LogP contribution is -2.32. The Balaban J connectivity index is 2.62. The van der Waals surface area contributed by atoms with E-state index in [1.807, 2.05) is 0 Å². The highest BCUT2D eigenvalue weighted by Crippen LogP contribution is 2.16. The lowest BCUT2D eigenvalue weighted by molar-refractivity contribution is -0.180. The fourth-order valence-electron chi connectivity index (χ4n) is 1.29. The molecule has 0 aliphatic heterocycles. The first kappa shape index (κ1) is 16.9. The van der Waals surface area contributed by atoms with E-state index in [0.717, 1.165) is 6.07 Å². The second kappa shape index (κ2) is 7.61. The maximum Gasteiger partial charge on any atom is 0.516 e.